The first-order valence-electron chi connectivity index (χ1n) is 5.63. The van der Waals surface area contributed by atoms with Crippen LogP contribution in [0.15, 0.2) is 29.2 Å². The molecule has 17 heavy (non-hydrogen) atoms. The number of hydrogen-bond acceptors (Lipinski definition) is 3. The van der Waals surface area contributed by atoms with E-state index in [-0.39, 0.29) is 11.8 Å². The van der Waals surface area contributed by atoms with E-state index in [9.17, 15) is 4.79 Å². The summed E-state index contributed by atoms with van der Waals surface area (Å²) in [6, 6.07) is 8.47. The largest absolute Gasteiger partial charge is 0.275 e. The zero-order valence-electron chi connectivity index (χ0n) is 10.3. The lowest BCUT2D eigenvalue weighted by atomic mass is 10.1. The molecule has 3 nitrogen and oxygen atoms in total. The quantitative estimate of drug-likeness (QED) is 0.608. The molecule has 1 aliphatic carbocycles. The lowest BCUT2D eigenvalue weighted by molar-refractivity contribution is -0.170. The van der Waals surface area contributed by atoms with E-state index in [0.717, 1.165) is 6.42 Å². The Morgan fingerprint density at radius 2 is 2.06 bits per heavy atom. The van der Waals surface area contributed by atoms with Gasteiger partial charge in [0.2, 0.25) is 5.91 Å². The highest BCUT2D eigenvalue weighted by atomic mass is 32.2. The fraction of sp³-hybridized carbons (Fsp3) is 0.462. The molecular formula is C13H17NO2S. The summed E-state index contributed by atoms with van der Waals surface area (Å²) in [7, 11) is 3.18. The Morgan fingerprint density at radius 3 is 2.59 bits per heavy atom. The van der Waals surface area contributed by atoms with Crippen molar-refractivity contribution in [3.8, 4) is 0 Å². The minimum absolute atomic E-state index is 0.0754. The number of nitrogens with zero attached hydrogens (tertiary/aromatic N) is 1. The number of hydrogen-bond donors (Lipinski definition) is 0. The molecule has 1 fully saturated rings. The predicted octanol–water partition coefficient (Wildman–Crippen LogP) is 2.53. The highest BCUT2D eigenvalue weighted by Crippen LogP contribution is 2.48. The van der Waals surface area contributed by atoms with Gasteiger partial charge in [-0.25, -0.2) is 5.06 Å². The van der Waals surface area contributed by atoms with Crippen LogP contribution in [0.1, 0.15) is 17.9 Å². The van der Waals surface area contributed by atoms with Crippen molar-refractivity contribution in [1.29, 1.82) is 0 Å². The maximum Gasteiger partial charge on any atom is 0.249 e. The number of carbonyl (C=O) groups excluding carboxylic acids is 1. The zero-order valence-corrected chi connectivity index (χ0v) is 11.2. The molecule has 2 unspecified atom stereocenters. The minimum Gasteiger partial charge on any atom is -0.275 e. The van der Waals surface area contributed by atoms with Gasteiger partial charge in [0.15, 0.2) is 0 Å². The number of benzene rings is 1. The SMILES string of the molecule is CON(C)C(=O)C1CC1c1ccc(SC)cc1. The first-order chi connectivity index (χ1) is 8.17. The molecule has 1 aromatic carbocycles. The van der Waals surface area contributed by atoms with E-state index >= 15 is 0 Å². The minimum atomic E-state index is 0.0754. The summed E-state index contributed by atoms with van der Waals surface area (Å²) in [6.45, 7) is 0. The van der Waals surface area contributed by atoms with Crippen molar-refractivity contribution >= 4 is 17.7 Å². The maximum absolute atomic E-state index is 11.8. The van der Waals surface area contributed by atoms with Gasteiger partial charge in [0, 0.05) is 17.9 Å². The molecule has 0 saturated heterocycles. The van der Waals surface area contributed by atoms with Crippen LogP contribution in [-0.2, 0) is 9.63 Å². The predicted molar refractivity (Wildman–Crippen MR) is 68.9 cm³/mol. The van der Waals surface area contributed by atoms with E-state index in [1.807, 2.05) is 0 Å². The third-order valence-corrected chi connectivity index (χ3v) is 3.98. The molecule has 2 rings (SSSR count). The fourth-order valence-corrected chi connectivity index (χ4v) is 2.42. The van der Waals surface area contributed by atoms with Gasteiger partial charge in [-0.1, -0.05) is 12.1 Å². The van der Waals surface area contributed by atoms with Crippen molar-refractivity contribution in [3.05, 3.63) is 29.8 Å². The van der Waals surface area contributed by atoms with Crippen LogP contribution in [-0.4, -0.2) is 31.4 Å². The molecule has 0 heterocycles. The van der Waals surface area contributed by atoms with Crippen molar-refractivity contribution in [3.63, 3.8) is 0 Å². The summed E-state index contributed by atoms with van der Waals surface area (Å²) < 4.78 is 0. The molecule has 0 radical (unpaired) electrons. The van der Waals surface area contributed by atoms with Gasteiger partial charge in [-0.2, -0.15) is 0 Å². The molecule has 1 aliphatic rings. The third kappa shape index (κ3) is 2.64. The van der Waals surface area contributed by atoms with Crippen LogP contribution in [0.4, 0.5) is 0 Å². The standard InChI is InChI=1S/C13H17NO2S/c1-14(16-2)13(15)12-8-11(12)9-4-6-10(17-3)7-5-9/h4-7,11-12H,8H2,1-3H3. The van der Waals surface area contributed by atoms with Crippen LogP contribution >= 0.6 is 11.8 Å². The topological polar surface area (TPSA) is 29.5 Å². The Labute approximate surface area is 106 Å². The van der Waals surface area contributed by atoms with Crippen LogP contribution in [0.3, 0.4) is 0 Å². The normalized spacial score (nSPS) is 22.3. The lowest BCUT2D eigenvalue weighted by Crippen LogP contribution is -2.27. The second-order valence-electron chi connectivity index (χ2n) is 4.24. The zero-order chi connectivity index (χ0) is 12.4. The van der Waals surface area contributed by atoms with Crippen molar-refractivity contribution in [1.82, 2.24) is 5.06 Å². The summed E-state index contributed by atoms with van der Waals surface area (Å²) in [5, 5.41) is 1.32. The maximum atomic E-state index is 11.8. The number of carbonyl (C=O) groups is 1. The molecule has 0 bridgehead atoms. The molecular weight excluding hydrogens is 234 g/mol. The van der Waals surface area contributed by atoms with E-state index in [1.54, 1.807) is 18.8 Å². The first-order valence-corrected chi connectivity index (χ1v) is 6.85. The summed E-state index contributed by atoms with van der Waals surface area (Å²) in [4.78, 5) is 18.0. The number of amides is 1. The molecule has 4 heteroatoms. The van der Waals surface area contributed by atoms with Gasteiger partial charge in [0.1, 0.15) is 0 Å². The molecule has 0 spiro atoms. The van der Waals surface area contributed by atoms with E-state index in [4.69, 9.17) is 4.84 Å². The Hall–Kier alpha value is -1.00. The van der Waals surface area contributed by atoms with Gasteiger partial charge in [-0.15, -0.1) is 11.8 Å². The van der Waals surface area contributed by atoms with Crippen LogP contribution in [0.5, 0.6) is 0 Å². The molecule has 1 aromatic rings. The van der Waals surface area contributed by atoms with E-state index in [2.05, 4.69) is 30.5 Å². The summed E-state index contributed by atoms with van der Waals surface area (Å²) in [6.07, 6.45) is 3.00. The monoisotopic (exact) mass is 251 g/mol. The van der Waals surface area contributed by atoms with Crippen molar-refractivity contribution < 1.29 is 9.63 Å². The van der Waals surface area contributed by atoms with Gasteiger partial charge in [0.25, 0.3) is 0 Å². The molecule has 2 atom stereocenters. The van der Waals surface area contributed by atoms with Crippen LogP contribution in [0.2, 0.25) is 0 Å². The second kappa shape index (κ2) is 5.10. The van der Waals surface area contributed by atoms with Gasteiger partial charge < -0.3 is 0 Å². The average molecular weight is 251 g/mol. The van der Waals surface area contributed by atoms with Gasteiger partial charge in [0.05, 0.1) is 7.11 Å². The smallest absolute Gasteiger partial charge is 0.249 e. The number of rotatable bonds is 4. The second-order valence-corrected chi connectivity index (χ2v) is 5.12. The fourth-order valence-electron chi connectivity index (χ4n) is 2.01. The van der Waals surface area contributed by atoms with Crippen molar-refractivity contribution in [2.45, 2.75) is 17.2 Å². The molecule has 0 N–H and O–H groups in total. The lowest BCUT2D eigenvalue weighted by Gasteiger charge is -2.13. The molecule has 92 valence electrons. The Balaban J connectivity index is 2.00. The van der Waals surface area contributed by atoms with Crippen LogP contribution < -0.4 is 0 Å². The number of thioether (sulfide) groups is 1. The highest BCUT2D eigenvalue weighted by molar-refractivity contribution is 7.98. The molecule has 0 aliphatic heterocycles. The van der Waals surface area contributed by atoms with E-state index in [0.29, 0.717) is 5.92 Å². The third-order valence-electron chi connectivity index (χ3n) is 3.24. The Kier molecular flexibility index (Phi) is 3.74. The summed E-state index contributed by atoms with van der Waals surface area (Å²) in [5.74, 6) is 0.544. The highest BCUT2D eigenvalue weighted by Gasteiger charge is 2.45. The molecule has 1 saturated carbocycles. The Bertz CT molecular complexity index is 404. The molecule has 1 amide bonds. The average Bonchev–Trinajstić information content (AvgIpc) is 3.17. The van der Waals surface area contributed by atoms with Crippen LogP contribution in [0, 0.1) is 5.92 Å². The summed E-state index contributed by atoms with van der Waals surface area (Å²) in [5.41, 5.74) is 1.26. The summed E-state index contributed by atoms with van der Waals surface area (Å²) >= 11 is 1.73. The molecule has 0 aromatic heterocycles. The van der Waals surface area contributed by atoms with Gasteiger partial charge in [-0.05, 0) is 36.3 Å². The van der Waals surface area contributed by atoms with E-state index < -0.39 is 0 Å². The van der Waals surface area contributed by atoms with Crippen LogP contribution in [0.25, 0.3) is 0 Å². The van der Waals surface area contributed by atoms with E-state index in [1.165, 1.54) is 22.6 Å². The van der Waals surface area contributed by atoms with Gasteiger partial charge in [-0.3, -0.25) is 9.63 Å². The Morgan fingerprint density at radius 1 is 1.41 bits per heavy atom. The van der Waals surface area contributed by atoms with Crippen molar-refractivity contribution in [2.75, 3.05) is 20.4 Å². The van der Waals surface area contributed by atoms with Gasteiger partial charge >= 0.3 is 0 Å². The first kappa shape index (κ1) is 12.5. The van der Waals surface area contributed by atoms with Crippen molar-refractivity contribution in [2.24, 2.45) is 5.92 Å². The number of hydroxylamine groups is 2.